The summed E-state index contributed by atoms with van der Waals surface area (Å²) in [6.45, 7) is 3.25. The number of hydrogen-bond donors (Lipinski definition) is 1. The Bertz CT molecular complexity index is 900. The molecule has 1 N–H and O–H groups in total. The molecule has 146 valence electrons. The molecule has 2 rings (SSSR count). The summed E-state index contributed by atoms with van der Waals surface area (Å²) in [4.78, 5) is 12.7. The van der Waals surface area contributed by atoms with Crippen LogP contribution in [0.5, 0.6) is 5.75 Å². The van der Waals surface area contributed by atoms with Gasteiger partial charge in [0.1, 0.15) is 17.6 Å². The molecule has 0 aliphatic heterocycles. The number of nitrogens with one attached hydrogen (secondary N) is 1. The van der Waals surface area contributed by atoms with Crippen LogP contribution in [0.2, 0.25) is 0 Å². The second-order valence-electron chi connectivity index (χ2n) is 6.22. The Morgan fingerprint density at radius 1 is 1.15 bits per heavy atom. The van der Waals surface area contributed by atoms with Crippen molar-refractivity contribution < 1.29 is 22.3 Å². The van der Waals surface area contributed by atoms with Crippen LogP contribution in [-0.4, -0.2) is 33.7 Å². The Labute approximate surface area is 159 Å². The molecule has 0 unspecified atom stereocenters. The summed E-state index contributed by atoms with van der Waals surface area (Å²) in [6.07, 6.45) is 1.04. The molecule has 27 heavy (non-hydrogen) atoms. The van der Waals surface area contributed by atoms with Gasteiger partial charge >= 0.3 is 0 Å². The summed E-state index contributed by atoms with van der Waals surface area (Å²) in [7, 11) is -2.25. The van der Waals surface area contributed by atoms with Crippen LogP contribution in [-0.2, 0) is 14.8 Å². The smallest absolute Gasteiger partial charge is 0.244 e. The Morgan fingerprint density at radius 2 is 1.78 bits per heavy atom. The first-order chi connectivity index (χ1) is 12.6. The number of amides is 1. The third-order valence-corrected chi connectivity index (χ3v) is 5.37. The molecule has 0 radical (unpaired) electrons. The van der Waals surface area contributed by atoms with Crippen LogP contribution in [0.4, 0.5) is 10.1 Å². The van der Waals surface area contributed by atoms with Crippen molar-refractivity contribution >= 4 is 21.6 Å². The van der Waals surface area contributed by atoms with Gasteiger partial charge in [0.25, 0.3) is 0 Å². The van der Waals surface area contributed by atoms with Gasteiger partial charge in [0.05, 0.1) is 25.1 Å². The highest BCUT2D eigenvalue weighted by Gasteiger charge is 2.30. The van der Waals surface area contributed by atoms with Crippen LogP contribution >= 0.6 is 0 Å². The van der Waals surface area contributed by atoms with E-state index in [4.69, 9.17) is 4.74 Å². The quantitative estimate of drug-likeness (QED) is 0.784. The first-order valence-corrected chi connectivity index (χ1v) is 10.2. The molecule has 0 aliphatic carbocycles. The average molecular weight is 394 g/mol. The highest BCUT2D eigenvalue weighted by Crippen LogP contribution is 2.25. The number of methoxy groups -OCH3 is 1. The fraction of sp³-hybridized carbons (Fsp3) is 0.316. The fourth-order valence-electron chi connectivity index (χ4n) is 2.73. The minimum absolute atomic E-state index is 0.328. The Morgan fingerprint density at radius 3 is 2.33 bits per heavy atom. The maximum atomic E-state index is 13.1. The molecular weight excluding hydrogens is 371 g/mol. The topological polar surface area (TPSA) is 75.7 Å². The molecule has 0 saturated carbocycles. The zero-order chi connectivity index (χ0) is 20.2. The molecule has 0 spiro atoms. The van der Waals surface area contributed by atoms with E-state index in [1.165, 1.54) is 26.2 Å². The van der Waals surface area contributed by atoms with Gasteiger partial charge < -0.3 is 10.1 Å². The van der Waals surface area contributed by atoms with Gasteiger partial charge in [-0.3, -0.25) is 9.10 Å². The van der Waals surface area contributed by atoms with Crippen molar-refractivity contribution in [1.82, 2.24) is 5.32 Å². The van der Waals surface area contributed by atoms with Gasteiger partial charge in [-0.2, -0.15) is 0 Å². The summed E-state index contributed by atoms with van der Waals surface area (Å²) in [6, 6.07) is 10.8. The molecule has 0 saturated heterocycles. The monoisotopic (exact) mass is 394 g/mol. The third kappa shape index (κ3) is 5.19. The predicted octanol–water partition coefficient (Wildman–Crippen LogP) is 2.87. The number of rotatable bonds is 7. The lowest BCUT2D eigenvalue weighted by Crippen LogP contribution is -2.48. The van der Waals surface area contributed by atoms with Crippen LogP contribution in [0.15, 0.2) is 48.5 Å². The first-order valence-electron chi connectivity index (χ1n) is 8.32. The largest absolute Gasteiger partial charge is 0.497 e. The number of sulfonamides is 1. The van der Waals surface area contributed by atoms with Crippen LogP contribution in [0.3, 0.4) is 0 Å². The number of benzene rings is 2. The summed E-state index contributed by atoms with van der Waals surface area (Å²) < 4.78 is 43.9. The minimum atomic E-state index is -3.73. The van der Waals surface area contributed by atoms with E-state index < -0.39 is 28.0 Å². The molecule has 0 bridgehead atoms. The van der Waals surface area contributed by atoms with E-state index in [0.717, 1.165) is 10.6 Å². The molecule has 0 aliphatic rings. The third-order valence-electron chi connectivity index (χ3n) is 4.13. The van der Waals surface area contributed by atoms with Crippen molar-refractivity contribution in [3.8, 4) is 5.75 Å². The summed E-state index contributed by atoms with van der Waals surface area (Å²) >= 11 is 0. The molecule has 0 aromatic heterocycles. The predicted molar refractivity (Wildman–Crippen MR) is 103 cm³/mol. The number of carbonyl (C=O) groups is 1. The second-order valence-corrected chi connectivity index (χ2v) is 8.08. The van der Waals surface area contributed by atoms with Crippen LogP contribution in [0.25, 0.3) is 0 Å². The van der Waals surface area contributed by atoms with Crippen LogP contribution in [0.1, 0.15) is 25.5 Å². The van der Waals surface area contributed by atoms with Crippen molar-refractivity contribution in [3.05, 3.63) is 59.9 Å². The Balaban J connectivity index is 2.25. The van der Waals surface area contributed by atoms with E-state index in [1.807, 2.05) is 0 Å². The number of nitrogens with zero attached hydrogens (tertiary/aromatic N) is 1. The van der Waals surface area contributed by atoms with Gasteiger partial charge in [0.15, 0.2) is 0 Å². The molecule has 2 aromatic rings. The fourth-order valence-corrected chi connectivity index (χ4v) is 3.89. The van der Waals surface area contributed by atoms with Gasteiger partial charge in [-0.15, -0.1) is 0 Å². The van der Waals surface area contributed by atoms with Gasteiger partial charge in [-0.05, 0) is 43.7 Å². The minimum Gasteiger partial charge on any atom is -0.497 e. The molecule has 2 atom stereocenters. The van der Waals surface area contributed by atoms with Crippen molar-refractivity contribution in [2.75, 3.05) is 17.7 Å². The molecule has 1 amide bonds. The molecule has 0 heterocycles. The van der Waals surface area contributed by atoms with E-state index in [0.29, 0.717) is 17.0 Å². The van der Waals surface area contributed by atoms with E-state index in [9.17, 15) is 17.6 Å². The SMILES string of the molecule is COc1cccc(N([C@H](C)C(=O)N[C@@H](C)c2ccc(F)cc2)S(C)(=O)=O)c1. The lowest BCUT2D eigenvalue weighted by Gasteiger charge is -2.29. The molecule has 6 nitrogen and oxygen atoms in total. The number of hydrogen-bond acceptors (Lipinski definition) is 4. The zero-order valence-electron chi connectivity index (χ0n) is 15.6. The summed E-state index contributed by atoms with van der Waals surface area (Å²) in [5.41, 5.74) is 1.04. The van der Waals surface area contributed by atoms with Gasteiger partial charge in [0.2, 0.25) is 15.9 Å². The number of ether oxygens (including phenoxy) is 1. The number of carbonyl (C=O) groups excluding carboxylic acids is 1. The zero-order valence-corrected chi connectivity index (χ0v) is 16.5. The Hall–Kier alpha value is -2.61. The van der Waals surface area contributed by atoms with Crippen molar-refractivity contribution in [2.45, 2.75) is 25.9 Å². The van der Waals surface area contributed by atoms with E-state index >= 15 is 0 Å². The molecule has 2 aromatic carbocycles. The maximum absolute atomic E-state index is 13.1. The standard InChI is InChI=1S/C19H23FN2O4S/c1-13(15-8-10-16(20)11-9-15)21-19(23)14(2)22(27(4,24)25)17-6-5-7-18(12-17)26-3/h5-14H,1-4H3,(H,21,23)/t13-,14+/m0/s1. The van der Waals surface area contributed by atoms with E-state index in [-0.39, 0.29) is 5.82 Å². The van der Waals surface area contributed by atoms with Crippen molar-refractivity contribution in [2.24, 2.45) is 0 Å². The highest BCUT2D eigenvalue weighted by molar-refractivity contribution is 7.92. The van der Waals surface area contributed by atoms with E-state index in [2.05, 4.69) is 5.32 Å². The second kappa shape index (κ2) is 8.39. The normalized spacial score (nSPS) is 13.5. The van der Waals surface area contributed by atoms with Crippen molar-refractivity contribution in [1.29, 1.82) is 0 Å². The average Bonchev–Trinajstić information content (AvgIpc) is 2.61. The van der Waals surface area contributed by atoms with Crippen LogP contribution < -0.4 is 14.4 Å². The van der Waals surface area contributed by atoms with Crippen molar-refractivity contribution in [3.63, 3.8) is 0 Å². The van der Waals surface area contributed by atoms with Gasteiger partial charge in [-0.1, -0.05) is 18.2 Å². The highest BCUT2D eigenvalue weighted by atomic mass is 32.2. The van der Waals surface area contributed by atoms with Gasteiger partial charge in [-0.25, -0.2) is 12.8 Å². The molecule has 8 heteroatoms. The summed E-state index contributed by atoms with van der Waals surface area (Å²) in [5, 5.41) is 2.77. The van der Waals surface area contributed by atoms with Crippen LogP contribution in [0, 0.1) is 5.82 Å². The lowest BCUT2D eigenvalue weighted by molar-refractivity contribution is -0.122. The lowest BCUT2D eigenvalue weighted by atomic mass is 10.1. The molecule has 0 fully saturated rings. The number of halogens is 1. The molecular formula is C19H23FN2O4S. The maximum Gasteiger partial charge on any atom is 0.244 e. The Kier molecular flexibility index (Phi) is 6.43. The first kappa shape index (κ1) is 20.7. The van der Waals surface area contributed by atoms with E-state index in [1.54, 1.807) is 43.3 Å². The number of anilines is 1. The summed E-state index contributed by atoms with van der Waals surface area (Å²) in [5.74, 6) is -0.361. The van der Waals surface area contributed by atoms with Gasteiger partial charge in [0, 0.05) is 6.07 Å².